The van der Waals surface area contributed by atoms with Crippen LogP contribution in [0.2, 0.25) is 5.02 Å². The summed E-state index contributed by atoms with van der Waals surface area (Å²) in [7, 11) is 1.85. The quantitative estimate of drug-likeness (QED) is 0.0418. The number of aliphatic hydroxyl groups is 1. The number of H-pyrrole nitrogens is 3. The number of halogens is 1. The Bertz CT molecular complexity index is 3960. The van der Waals surface area contributed by atoms with Crippen LogP contribution in [-0.4, -0.2) is 47.0 Å². The second-order valence-electron chi connectivity index (χ2n) is 18.1. The minimum Gasteiger partial charge on any atom is -0.506 e. The second-order valence-corrected chi connectivity index (χ2v) is 18.5. The fraction of sp³-hybridized carbons (Fsp3) is 0.254. The lowest BCUT2D eigenvalue weighted by atomic mass is 9.98. The molecule has 398 valence electrons. The van der Waals surface area contributed by atoms with Crippen molar-refractivity contribution in [1.82, 2.24) is 34.4 Å². The van der Waals surface area contributed by atoms with Gasteiger partial charge in [0.25, 0.3) is 11.1 Å². The molecule has 0 radical (unpaired) electrons. The van der Waals surface area contributed by atoms with Crippen molar-refractivity contribution in [3.05, 3.63) is 209 Å². The van der Waals surface area contributed by atoms with Crippen LogP contribution in [0.25, 0.3) is 66.1 Å². The summed E-state index contributed by atoms with van der Waals surface area (Å²) in [5.74, 6) is -0.178. The van der Waals surface area contributed by atoms with Crippen LogP contribution in [0.3, 0.4) is 0 Å². The van der Waals surface area contributed by atoms with E-state index in [2.05, 4.69) is 67.2 Å². The molecule has 0 saturated carbocycles. The number of benzene rings is 4. The van der Waals surface area contributed by atoms with Gasteiger partial charge in [0, 0.05) is 93.7 Å². The number of pyridine rings is 2. The summed E-state index contributed by atoms with van der Waals surface area (Å²) in [6, 6.07) is 24.9. The number of aromatic nitrogens is 6. The third-order valence-corrected chi connectivity index (χ3v) is 14.0. The number of carbonyl (C=O) groups is 1. The van der Waals surface area contributed by atoms with Crippen LogP contribution in [0.5, 0.6) is 0 Å². The monoisotopic (exact) mass is 1050 g/mol. The number of Topliss-reactive ketones (excluding diaryl/α,β-unsaturated/α-hetero) is 1. The first kappa shape index (κ1) is 56.3. The van der Waals surface area contributed by atoms with Crippen molar-refractivity contribution < 1.29 is 9.90 Å². The number of nitrogens with zero attached hydrogens (tertiary/aromatic N) is 3. The minimum absolute atomic E-state index is 0.0122. The summed E-state index contributed by atoms with van der Waals surface area (Å²) in [6.45, 7) is 22.1. The molecule has 0 bridgehead atoms. The predicted octanol–water partition coefficient (Wildman–Crippen LogP) is 13.1. The molecule has 4 aromatic carbocycles. The molecule has 0 aliphatic heterocycles. The topological polar surface area (TPSA) is 197 Å². The van der Waals surface area contributed by atoms with Crippen LogP contribution in [-0.2, 0) is 38.8 Å². The van der Waals surface area contributed by atoms with E-state index in [4.69, 9.17) is 17.3 Å². The first-order chi connectivity index (χ1) is 37.3. The number of ketones is 1. The molecule has 77 heavy (non-hydrogen) atoms. The molecule has 14 heteroatoms. The normalized spacial score (nSPS) is 12.5. The van der Waals surface area contributed by atoms with Crippen LogP contribution in [0.15, 0.2) is 137 Å². The van der Waals surface area contributed by atoms with Crippen molar-refractivity contribution in [2.24, 2.45) is 0 Å². The third kappa shape index (κ3) is 11.3. The number of fused-ring (bicyclic) bond motifs is 6. The molecule has 0 spiro atoms. The van der Waals surface area contributed by atoms with Gasteiger partial charge in [-0.3, -0.25) is 24.2 Å². The number of aryl methyl sites for hydroxylation is 4. The predicted molar refractivity (Wildman–Crippen MR) is 321 cm³/mol. The van der Waals surface area contributed by atoms with Crippen LogP contribution in [0, 0.1) is 0 Å². The van der Waals surface area contributed by atoms with Gasteiger partial charge in [-0.15, -0.1) is 0 Å². The van der Waals surface area contributed by atoms with E-state index in [-0.39, 0.29) is 40.7 Å². The first-order valence-electron chi connectivity index (χ1n) is 26.5. The van der Waals surface area contributed by atoms with Crippen molar-refractivity contribution in [1.29, 1.82) is 0 Å². The summed E-state index contributed by atoms with van der Waals surface area (Å²) in [4.78, 5) is 63.3. The molecule has 9 aromatic rings. The SMILES string of the molecule is C=C/C(=C\C=C/NC)c1c(C(=C)O)n(Cc2cc(=O)[nH]c3ccccc23)c2cc3c(cc12)CCC3.CC.CC.CC.CC(=O)c1c(-c2ccc[nH]c2=O)c2cc3c(cc2n1Cc1cc2c(=O)[nH]c(N)nc2cc1Cl)CCC3. The van der Waals surface area contributed by atoms with E-state index < -0.39 is 0 Å². The lowest BCUT2D eigenvalue weighted by molar-refractivity contribution is 0.101. The Morgan fingerprint density at radius 1 is 0.766 bits per heavy atom. The summed E-state index contributed by atoms with van der Waals surface area (Å²) in [5, 5.41) is 17.5. The molecule has 0 atom stereocenters. The van der Waals surface area contributed by atoms with Crippen LogP contribution in [0.1, 0.15) is 116 Å². The van der Waals surface area contributed by atoms with E-state index in [1.165, 1.54) is 29.2 Å². The van der Waals surface area contributed by atoms with E-state index in [0.29, 0.717) is 50.5 Å². The van der Waals surface area contributed by atoms with Crippen molar-refractivity contribution >= 4 is 78.3 Å². The molecular weight excluding hydrogens is 984 g/mol. The second kappa shape index (κ2) is 24.9. The van der Waals surface area contributed by atoms with Gasteiger partial charge >= 0.3 is 0 Å². The molecule has 13 nitrogen and oxygen atoms in total. The summed E-state index contributed by atoms with van der Waals surface area (Å²) < 4.78 is 4.00. The zero-order valence-electron chi connectivity index (χ0n) is 45.3. The van der Waals surface area contributed by atoms with Crippen LogP contribution in [0.4, 0.5) is 5.95 Å². The Morgan fingerprint density at radius 3 is 2.00 bits per heavy atom. The fourth-order valence-electron chi connectivity index (χ4n) is 10.6. The fourth-order valence-corrected chi connectivity index (χ4v) is 10.8. The van der Waals surface area contributed by atoms with Crippen molar-refractivity contribution in [3.63, 3.8) is 0 Å². The maximum absolute atomic E-state index is 13.1. The number of para-hydroxylation sites is 1. The maximum Gasteiger partial charge on any atom is 0.260 e. The number of hydrogen-bond donors (Lipinski definition) is 6. The zero-order valence-corrected chi connectivity index (χ0v) is 46.1. The first-order valence-corrected chi connectivity index (χ1v) is 26.9. The maximum atomic E-state index is 13.1. The molecule has 5 heterocycles. The van der Waals surface area contributed by atoms with Gasteiger partial charge in [0.05, 0.1) is 22.3 Å². The van der Waals surface area contributed by atoms with E-state index >= 15 is 0 Å². The summed E-state index contributed by atoms with van der Waals surface area (Å²) in [5.41, 5.74) is 18.5. The highest BCUT2D eigenvalue weighted by atomic mass is 35.5. The van der Waals surface area contributed by atoms with E-state index in [9.17, 15) is 24.3 Å². The largest absolute Gasteiger partial charge is 0.506 e. The molecule has 0 unspecified atom stereocenters. The van der Waals surface area contributed by atoms with E-state index in [1.54, 1.807) is 42.6 Å². The van der Waals surface area contributed by atoms with E-state index in [1.807, 2.05) is 95.8 Å². The molecule has 7 N–H and O–H groups in total. The Hall–Kier alpha value is -8.42. The zero-order chi connectivity index (χ0) is 55.7. The minimum atomic E-state index is -0.367. The summed E-state index contributed by atoms with van der Waals surface area (Å²) in [6.07, 6.45) is 15.4. The standard InChI is InChI=1S/C30H29N3O2.C27H22ClN5O3.3C2H6/c1-4-20(11-8-14-31-3)29-25-15-21-9-7-10-22(21)16-27(25)33(30(29)19(2)34)18-23-17-28(35)32-26-13-6-5-12-24(23)26;1-13(34)24-23(17-6-3-7-30-25(17)35)19-8-14-4-2-5-15(14)10-22(19)33(24)12-16-9-18-21(11-20(16)28)31-27(29)32-26(18)36;3*1-2/h4-6,8,11-17,31,34H,1-2,7,9-10,18H2,3H3,(H,32,35);3,6-11H,2,4-5,12H2,1H3,(H,30,35)(H3,29,31,32,36);3*1-2H3/b14-8-,20-11+;;;;. The van der Waals surface area contributed by atoms with Gasteiger partial charge in [0.1, 0.15) is 5.76 Å². The number of anilines is 1. The van der Waals surface area contributed by atoms with Crippen molar-refractivity contribution in [3.8, 4) is 11.1 Å². The number of hydrogen-bond acceptors (Lipinski definition) is 8. The molecule has 5 aromatic heterocycles. The van der Waals surface area contributed by atoms with Crippen LogP contribution >= 0.6 is 11.6 Å². The van der Waals surface area contributed by atoms with Crippen molar-refractivity contribution in [2.75, 3.05) is 12.8 Å². The van der Waals surface area contributed by atoms with Gasteiger partial charge in [-0.05, 0) is 144 Å². The number of carbonyl (C=O) groups excluding carboxylic acids is 1. The number of allylic oxidation sites excluding steroid dienone is 4. The van der Waals surface area contributed by atoms with E-state index in [0.717, 1.165) is 87.9 Å². The smallest absolute Gasteiger partial charge is 0.260 e. The molecule has 11 rings (SSSR count). The molecule has 0 saturated heterocycles. The Labute approximate surface area is 453 Å². The molecule has 2 aliphatic rings. The van der Waals surface area contributed by atoms with Gasteiger partial charge < -0.3 is 35.3 Å². The average molecular weight is 1050 g/mol. The molecule has 2 aliphatic carbocycles. The van der Waals surface area contributed by atoms with Gasteiger partial charge in [0.15, 0.2) is 5.78 Å². The molecule has 0 amide bonds. The number of aliphatic hydroxyl groups excluding tert-OH is 1. The number of rotatable bonds is 11. The average Bonchev–Trinajstić information content (AvgIpc) is 4.38. The number of nitrogens with one attached hydrogen (secondary N) is 4. The summed E-state index contributed by atoms with van der Waals surface area (Å²) >= 11 is 6.64. The van der Waals surface area contributed by atoms with Crippen molar-refractivity contribution in [2.45, 2.75) is 100 Å². The van der Waals surface area contributed by atoms with Gasteiger partial charge in [-0.1, -0.05) is 96.7 Å². The van der Waals surface area contributed by atoms with Gasteiger partial charge in [-0.25, -0.2) is 4.98 Å². The highest BCUT2D eigenvalue weighted by Crippen LogP contribution is 2.41. The third-order valence-electron chi connectivity index (χ3n) is 13.7. The van der Waals surface area contributed by atoms with Gasteiger partial charge in [-0.2, -0.15) is 0 Å². The highest BCUT2D eigenvalue weighted by Gasteiger charge is 2.28. The number of aromatic amines is 3. The Kier molecular flexibility index (Phi) is 18.2. The lowest BCUT2D eigenvalue weighted by Gasteiger charge is -2.14. The molecule has 0 fully saturated rings. The number of nitrogen functional groups attached to an aromatic ring is 1. The Morgan fingerprint density at radius 2 is 1.38 bits per heavy atom. The Balaban J connectivity index is 0.000000204. The lowest BCUT2D eigenvalue weighted by Crippen LogP contribution is -2.14. The molecular formula is C63H69ClN8O5. The van der Waals surface area contributed by atoms with Crippen LogP contribution < -0.4 is 27.7 Å². The van der Waals surface area contributed by atoms with Gasteiger partial charge in [0.2, 0.25) is 11.5 Å². The highest BCUT2D eigenvalue weighted by molar-refractivity contribution is 6.32. The number of nitrogens with two attached hydrogens (primary N) is 1.